The second-order valence-electron chi connectivity index (χ2n) is 7.55. The van der Waals surface area contributed by atoms with Gasteiger partial charge in [0.15, 0.2) is 0 Å². The molecule has 0 heterocycles. The lowest BCUT2D eigenvalue weighted by atomic mass is 9.80. The van der Waals surface area contributed by atoms with Crippen molar-refractivity contribution in [3.05, 3.63) is 71.8 Å². The quantitative estimate of drug-likeness (QED) is 0.249. The second kappa shape index (κ2) is 13.9. The lowest BCUT2D eigenvalue weighted by molar-refractivity contribution is 0.592. The highest BCUT2D eigenvalue weighted by molar-refractivity contribution is 6.20. The third-order valence-electron chi connectivity index (χ3n) is 4.86. The molecule has 4 aromatic carbocycles. The number of rotatable bonds is 0. The van der Waals surface area contributed by atoms with Crippen LogP contribution in [0, 0.1) is 6.92 Å². The van der Waals surface area contributed by atoms with Crippen molar-refractivity contribution in [2.45, 2.75) is 88.5 Å². The van der Waals surface area contributed by atoms with Crippen LogP contribution in [0.2, 0.25) is 0 Å². The number of fused-ring (bicyclic) bond motifs is 5. The molecule has 4 aromatic rings. The molecule has 0 nitrogen and oxygen atoms in total. The normalized spacial score (nSPS) is 9.94. The smallest absolute Gasteiger partial charge is 0.00267 e. The molecule has 0 bridgehead atoms. The Balaban J connectivity index is 0.00000102. The average Bonchev–Trinajstić information content (AvgIpc) is 2.82. The van der Waals surface area contributed by atoms with Gasteiger partial charge in [-0.2, -0.15) is 0 Å². The highest BCUT2D eigenvalue weighted by atomic mass is 14.2. The van der Waals surface area contributed by atoms with Crippen LogP contribution in [-0.2, 0) is 5.41 Å². The van der Waals surface area contributed by atoms with E-state index in [1.54, 1.807) is 0 Å². The number of hydrogen-bond acceptors (Lipinski definition) is 0. The van der Waals surface area contributed by atoms with E-state index in [1.165, 1.54) is 43.4 Å². The molecule has 0 N–H and O–H groups in total. The van der Waals surface area contributed by atoms with Crippen molar-refractivity contribution in [1.29, 1.82) is 0 Å². The summed E-state index contributed by atoms with van der Waals surface area (Å²) in [6.45, 7) is 25.2. The van der Waals surface area contributed by atoms with Crippen LogP contribution in [0.1, 0.15) is 87.3 Å². The molecule has 0 aromatic heterocycles. The molecule has 0 saturated carbocycles. The highest BCUT2D eigenvalue weighted by Crippen LogP contribution is 2.38. The van der Waals surface area contributed by atoms with E-state index in [9.17, 15) is 0 Å². The number of hydrogen-bond donors (Lipinski definition) is 0. The molecule has 0 heteroatoms. The Morgan fingerprint density at radius 2 is 0.968 bits per heavy atom. The van der Waals surface area contributed by atoms with Gasteiger partial charge < -0.3 is 0 Å². The maximum absolute atomic E-state index is 2.31. The minimum atomic E-state index is 0.141. The predicted molar refractivity (Wildman–Crippen MR) is 148 cm³/mol. The number of aryl methyl sites for hydroxylation is 1. The van der Waals surface area contributed by atoms with E-state index in [2.05, 4.69) is 88.4 Å². The first-order chi connectivity index (χ1) is 15.0. The summed E-state index contributed by atoms with van der Waals surface area (Å²) >= 11 is 0. The lowest BCUT2D eigenvalue weighted by Gasteiger charge is -2.24. The molecule has 31 heavy (non-hydrogen) atoms. The van der Waals surface area contributed by atoms with E-state index in [0.29, 0.717) is 0 Å². The van der Waals surface area contributed by atoms with Gasteiger partial charge in [-0.05, 0) is 55.8 Å². The van der Waals surface area contributed by atoms with Crippen LogP contribution in [0.4, 0.5) is 0 Å². The summed E-state index contributed by atoms with van der Waals surface area (Å²) in [7, 11) is 0. The second-order valence-corrected chi connectivity index (χ2v) is 7.55. The largest absolute Gasteiger partial charge is 0.0683 e. The molecule has 0 unspecified atom stereocenters. The van der Waals surface area contributed by atoms with Gasteiger partial charge in [-0.25, -0.2) is 0 Å². The molecular weight excluding hydrogens is 372 g/mol. The zero-order valence-electron chi connectivity index (χ0n) is 22.3. The van der Waals surface area contributed by atoms with Gasteiger partial charge in [0.25, 0.3) is 0 Å². The van der Waals surface area contributed by atoms with Gasteiger partial charge >= 0.3 is 0 Å². The zero-order chi connectivity index (χ0) is 24.2. The zero-order valence-corrected chi connectivity index (χ0v) is 22.3. The summed E-state index contributed by atoms with van der Waals surface area (Å²) in [4.78, 5) is 0. The molecular formula is C31H46. The third kappa shape index (κ3) is 6.33. The fraction of sp³-hybridized carbons (Fsp3) is 0.419. The van der Waals surface area contributed by atoms with E-state index in [4.69, 9.17) is 0 Å². The first-order valence-electron chi connectivity index (χ1n) is 12.3. The monoisotopic (exact) mass is 418 g/mol. The number of benzene rings is 4. The minimum absolute atomic E-state index is 0.141. The van der Waals surface area contributed by atoms with Gasteiger partial charge in [0, 0.05) is 0 Å². The summed E-state index contributed by atoms with van der Waals surface area (Å²) in [5.74, 6) is 0. The Morgan fingerprint density at radius 3 is 1.55 bits per heavy atom. The van der Waals surface area contributed by atoms with Gasteiger partial charge in [0.05, 0.1) is 0 Å². The SMILES string of the molecule is CC.CC.CC.CC.Cc1ccc2c(ccc3ccc4ccccc4c32)c1C(C)(C)C. The Morgan fingerprint density at radius 1 is 0.484 bits per heavy atom. The van der Waals surface area contributed by atoms with E-state index in [0.717, 1.165) is 0 Å². The van der Waals surface area contributed by atoms with Crippen LogP contribution >= 0.6 is 0 Å². The first-order valence-corrected chi connectivity index (χ1v) is 12.3. The van der Waals surface area contributed by atoms with Crippen LogP contribution in [0.5, 0.6) is 0 Å². The molecule has 0 atom stereocenters. The van der Waals surface area contributed by atoms with Gasteiger partial charge in [-0.3, -0.25) is 0 Å². The standard InChI is InChI=1S/C23H22.4C2H6/c1-15-9-13-19-20(22(15)23(2,3)4)14-12-17-11-10-16-7-5-6-8-18(16)21(17)19;4*1-2/h5-14H,1-4H3;4*1-2H3. The Hall–Kier alpha value is -2.34. The molecule has 0 fully saturated rings. The maximum atomic E-state index is 2.31. The molecule has 0 amide bonds. The predicted octanol–water partition coefficient (Wildman–Crippen LogP) is 10.9. The Labute approximate surface area is 192 Å². The fourth-order valence-corrected chi connectivity index (χ4v) is 4.02. The summed E-state index contributed by atoms with van der Waals surface area (Å²) in [5.41, 5.74) is 2.98. The average molecular weight is 419 g/mol. The molecule has 0 aliphatic heterocycles. The van der Waals surface area contributed by atoms with Gasteiger partial charge in [0.1, 0.15) is 0 Å². The summed E-state index contributed by atoms with van der Waals surface area (Å²) in [6.07, 6.45) is 0. The topological polar surface area (TPSA) is 0 Å². The van der Waals surface area contributed by atoms with Gasteiger partial charge in [-0.15, -0.1) is 0 Å². The van der Waals surface area contributed by atoms with Gasteiger partial charge in [0.2, 0.25) is 0 Å². The molecule has 170 valence electrons. The van der Waals surface area contributed by atoms with E-state index in [1.807, 2.05) is 55.4 Å². The van der Waals surface area contributed by atoms with Crippen LogP contribution < -0.4 is 0 Å². The highest BCUT2D eigenvalue weighted by Gasteiger charge is 2.20. The molecule has 0 aliphatic rings. The molecule has 0 radical (unpaired) electrons. The van der Waals surface area contributed by atoms with Crippen LogP contribution in [0.25, 0.3) is 32.3 Å². The van der Waals surface area contributed by atoms with Crippen molar-refractivity contribution < 1.29 is 0 Å². The Kier molecular flexibility index (Phi) is 12.8. The molecule has 4 rings (SSSR count). The first kappa shape index (κ1) is 28.7. The van der Waals surface area contributed by atoms with Crippen molar-refractivity contribution in [2.24, 2.45) is 0 Å². The lowest BCUT2D eigenvalue weighted by Crippen LogP contribution is -2.13. The van der Waals surface area contributed by atoms with Crippen LogP contribution in [0.3, 0.4) is 0 Å². The van der Waals surface area contributed by atoms with E-state index < -0.39 is 0 Å². The summed E-state index contributed by atoms with van der Waals surface area (Å²) in [5, 5.41) is 8.12. The molecule has 0 aliphatic carbocycles. The van der Waals surface area contributed by atoms with Crippen molar-refractivity contribution in [3.8, 4) is 0 Å². The minimum Gasteiger partial charge on any atom is -0.0683 e. The van der Waals surface area contributed by atoms with Crippen LogP contribution in [0.15, 0.2) is 60.7 Å². The van der Waals surface area contributed by atoms with E-state index in [-0.39, 0.29) is 5.41 Å². The summed E-state index contributed by atoms with van der Waals surface area (Å²) < 4.78 is 0. The van der Waals surface area contributed by atoms with Crippen LogP contribution in [-0.4, -0.2) is 0 Å². The Bertz CT molecular complexity index is 1050. The van der Waals surface area contributed by atoms with Crippen molar-refractivity contribution in [3.63, 3.8) is 0 Å². The van der Waals surface area contributed by atoms with Crippen molar-refractivity contribution >= 4 is 32.3 Å². The fourth-order valence-electron chi connectivity index (χ4n) is 4.02. The molecule has 0 spiro atoms. The van der Waals surface area contributed by atoms with Crippen molar-refractivity contribution in [1.82, 2.24) is 0 Å². The third-order valence-corrected chi connectivity index (χ3v) is 4.86. The van der Waals surface area contributed by atoms with E-state index >= 15 is 0 Å². The molecule has 0 saturated heterocycles. The maximum Gasteiger partial charge on any atom is -0.00267 e. The van der Waals surface area contributed by atoms with Gasteiger partial charge in [-0.1, -0.05) is 137 Å². The van der Waals surface area contributed by atoms with Crippen molar-refractivity contribution in [2.75, 3.05) is 0 Å². The summed E-state index contributed by atoms with van der Waals surface area (Å²) in [6, 6.07) is 22.3.